The topological polar surface area (TPSA) is 63.6 Å². The summed E-state index contributed by atoms with van der Waals surface area (Å²) in [5.74, 6) is -0.280. The number of rotatable bonds is 4. The summed E-state index contributed by atoms with van der Waals surface area (Å²) in [4.78, 5) is 10.8. The predicted octanol–water partition coefficient (Wildman–Crippen LogP) is 1.14. The van der Waals surface area contributed by atoms with Crippen LogP contribution in [0.1, 0.15) is 6.42 Å². The minimum absolute atomic E-state index is 0.0870. The summed E-state index contributed by atoms with van der Waals surface area (Å²) < 4.78 is 16.1. The fourth-order valence-corrected chi connectivity index (χ4v) is 2.45. The summed E-state index contributed by atoms with van der Waals surface area (Å²) in [7, 11) is -0.706. The lowest BCUT2D eigenvalue weighted by molar-refractivity contribution is -0.140. The van der Waals surface area contributed by atoms with E-state index in [9.17, 15) is 14.5 Å². The highest BCUT2D eigenvalue weighted by atomic mass is 31.1. The van der Waals surface area contributed by atoms with Gasteiger partial charge in [-0.15, -0.1) is 0 Å². The Morgan fingerprint density at radius 1 is 1.53 bits per heavy atom. The second-order valence-electron chi connectivity index (χ2n) is 3.05. The van der Waals surface area contributed by atoms with Crippen LogP contribution in [-0.2, 0) is 14.1 Å². The molecule has 0 bridgehead atoms. The van der Waals surface area contributed by atoms with Crippen LogP contribution < -0.4 is 5.30 Å². The van der Waals surface area contributed by atoms with Crippen molar-refractivity contribution in [3.8, 4) is 5.75 Å². The summed E-state index contributed by atoms with van der Waals surface area (Å²) >= 11 is 0. The van der Waals surface area contributed by atoms with Gasteiger partial charge in [-0.3, -0.25) is 4.79 Å². The fourth-order valence-electron chi connectivity index (χ4n) is 1.14. The Kier molecular flexibility index (Phi) is 4.37. The Morgan fingerprint density at radius 2 is 2.27 bits per heavy atom. The number of phenols is 1. The smallest absolute Gasteiger partial charge is 0.305 e. The molecule has 0 aliphatic heterocycles. The zero-order chi connectivity index (χ0) is 11.3. The highest BCUT2D eigenvalue weighted by Gasteiger charge is 2.07. The molecule has 0 spiro atoms. The quantitative estimate of drug-likeness (QED) is 0.620. The first kappa shape index (κ1) is 11.8. The van der Waals surface area contributed by atoms with E-state index in [2.05, 4.69) is 4.74 Å². The van der Waals surface area contributed by atoms with Gasteiger partial charge in [0.15, 0.2) is 0 Å². The molecule has 0 fully saturated rings. The van der Waals surface area contributed by atoms with Gasteiger partial charge in [0.25, 0.3) is 0 Å². The molecule has 15 heavy (non-hydrogen) atoms. The van der Waals surface area contributed by atoms with Crippen molar-refractivity contribution in [3.05, 3.63) is 24.3 Å². The van der Waals surface area contributed by atoms with Crippen LogP contribution in [0.5, 0.6) is 5.75 Å². The molecular formula is C10H13O4P. The molecular weight excluding hydrogens is 215 g/mol. The molecule has 0 aliphatic rings. The number of ether oxygens (including phenoxy) is 1. The van der Waals surface area contributed by atoms with Gasteiger partial charge in [-0.2, -0.15) is 0 Å². The molecule has 0 saturated carbocycles. The van der Waals surface area contributed by atoms with E-state index in [1.165, 1.54) is 19.2 Å². The van der Waals surface area contributed by atoms with Crippen molar-refractivity contribution < 1.29 is 19.2 Å². The van der Waals surface area contributed by atoms with Crippen LogP contribution in [0.4, 0.5) is 0 Å². The lowest BCUT2D eigenvalue weighted by atomic mass is 10.3. The third-order valence-corrected chi connectivity index (χ3v) is 3.61. The van der Waals surface area contributed by atoms with Gasteiger partial charge in [0.1, 0.15) is 13.6 Å². The molecule has 0 radical (unpaired) electrons. The zero-order valence-corrected chi connectivity index (χ0v) is 9.40. The second kappa shape index (κ2) is 5.56. The standard InChI is InChI=1S/C10H13O4P/c1-14-10(12)5-6-15(13)9-4-2-3-8(11)7-9/h2-4,7,11,15H,5-6H2,1H3. The van der Waals surface area contributed by atoms with Crippen molar-refractivity contribution in [2.75, 3.05) is 13.3 Å². The third kappa shape index (κ3) is 3.76. The Morgan fingerprint density at radius 3 is 2.87 bits per heavy atom. The number of methoxy groups -OCH3 is 1. The number of carbonyl (C=O) groups excluding carboxylic acids is 1. The van der Waals surface area contributed by atoms with Gasteiger partial charge in [-0.1, -0.05) is 12.1 Å². The molecule has 0 amide bonds. The average Bonchev–Trinajstić information content (AvgIpc) is 2.25. The van der Waals surface area contributed by atoms with E-state index >= 15 is 0 Å². The normalized spacial score (nSPS) is 12.1. The Balaban J connectivity index is 2.58. The average molecular weight is 228 g/mol. The molecule has 82 valence electrons. The highest BCUT2D eigenvalue weighted by Crippen LogP contribution is 2.22. The highest BCUT2D eigenvalue weighted by molar-refractivity contribution is 7.53. The summed E-state index contributed by atoms with van der Waals surface area (Å²) in [6.07, 6.45) is 0.421. The second-order valence-corrected chi connectivity index (χ2v) is 4.97. The van der Waals surface area contributed by atoms with Crippen LogP contribution in [0.25, 0.3) is 0 Å². The van der Waals surface area contributed by atoms with Crippen molar-refractivity contribution in [2.24, 2.45) is 0 Å². The lowest BCUT2D eigenvalue weighted by Crippen LogP contribution is -2.04. The van der Waals surface area contributed by atoms with Crippen molar-refractivity contribution in [3.63, 3.8) is 0 Å². The van der Waals surface area contributed by atoms with E-state index in [1.54, 1.807) is 12.1 Å². The maximum Gasteiger partial charge on any atom is 0.305 e. The van der Waals surface area contributed by atoms with Crippen LogP contribution >= 0.6 is 7.80 Å². The van der Waals surface area contributed by atoms with Gasteiger partial charge >= 0.3 is 5.97 Å². The van der Waals surface area contributed by atoms with E-state index in [-0.39, 0.29) is 24.3 Å². The SMILES string of the molecule is COC(=O)CC[PH](=O)c1cccc(O)c1. The maximum atomic E-state index is 11.7. The Labute approximate surface area is 88.7 Å². The minimum Gasteiger partial charge on any atom is -0.508 e. The molecule has 1 aromatic carbocycles. The molecule has 0 aliphatic carbocycles. The molecule has 5 heteroatoms. The van der Waals surface area contributed by atoms with E-state index in [1.807, 2.05) is 0 Å². The first-order chi connectivity index (χ1) is 7.13. The van der Waals surface area contributed by atoms with E-state index in [4.69, 9.17) is 0 Å². The van der Waals surface area contributed by atoms with E-state index < -0.39 is 7.80 Å². The van der Waals surface area contributed by atoms with Crippen LogP contribution in [0.15, 0.2) is 24.3 Å². The van der Waals surface area contributed by atoms with Crippen molar-refractivity contribution in [1.29, 1.82) is 0 Å². The van der Waals surface area contributed by atoms with Crippen LogP contribution in [0.3, 0.4) is 0 Å². The van der Waals surface area contributed by atoms with Crippen LogP contribution in [0.2, 0.25) is 0 Å². The van der Waals surface area contributed by atoms with Gasteiger partial charge in [0.05, 0.1) is 13.5 Å². The van der Waals surface area contributed by atoms with Crippen LogP contribution in [-0.4, -0.2) is 24.3 Å². The number of aromatic hydroxyl groups is 1. The largest absolute Gasteiger partial charge is 0.508 e. The number of hydrogen-bond acceptors (Lipinski definition) is 4. The first-order valence-corrected chi connectivity index (χ1v) is 6.14. The van der Waals surface area contributed by atoms with Gasteiger partial charge in [0.2, 0.25) is 0 Å². The van der Waals surface area contributed by atoms with Gasteiger partial charge in [-0.05, 0) is 12.1 Å². The number of benzene rings is 1. The lowest BCUT2D eigenvalue weighted by Gasteiger charge is -2.02. The number of carbonyl (C=O) groups is 1. The van der Waals surface area contributed by atoms with Crippen molar-refractivity contribution >= 4 is 19.1 Å². The van der Waals surface area contributed by atoms with Crippen LogP contribution in [0, 0.1) is 0 Å². The molecule has 1 atom stereocenters. The number of esters is 1. The number of hydrogen-bond donors (Lipinski definition) is 1. The van der Waals surface area contributed by atoms with Crippen molar-refractivity contribution in [2.45, 2.75) is 6.42 Å². The first-order valence-electron chi connectivity index (χ1n) is 4.52. The van der Waals surface area contributed by atoms with Gasteiger partial charge < -0.3 is 14.4 Å². The molecule has 0 saturated heterocycles. The molecule has 1 aromatic rings. The minimum atomic E-state index is -2.01. The molecule has 1 rings (SSSR count). The maximum absolute atomic E-state index is 11.7. The monoisotopic (exact) mass is 228 g/mol. The fraction of sp³-hybridized carbons (Fsp3) is 0.300. The number of phenolic OH excluding ortho intramolecular Hbond substituents is 1. The molecule has 4 nitrogen and oxygen atoms in total. The molecule has 1 unspecified atom stereocenters. The summed E-state index contributed by atoms with van der Waals surface area (Å²) in [5.41, 5.74) is 0. The van der Waals surface area contributed by atoms with Crippen molar-refractivity contribution in [1.82, 2.24) is 0 Å². The summed E-state index contributed by atoms with van der Waals surface area (Å²) in [5, 5.41) is 9.76. The Bertz CT molecular complexity index is 375. The zero-order valence-electron chi connectivity index (χ0n) is 8.40. The predicted molar refractivity (Wildman–Crippen MR) is 58.2 cm³/mol. The summed E-state index contributed by atoms with van der Waals surface area (Å²) in [6.45, 7) is 0. The van der Waals surface area contributed by atoms with Gasteiger partial charge in [0, 0.05) is 11.5 Å². The van der Waals surface area contributed by atoms with E-state index in [0.717, 1.165) is 0 Å². The molecule has 0 aromatic heterocycles. The third-order valence-electron chi connectivity index (χ3n) is 1.95. The Hall–Kier alpha value is -1.28. The molecule has 0 heterocycles. The molecule has 1 N–H and O–H groups in total. The van der Waals surface area contributed by atoms with E-state index in [0.29, 0.717) is 5.30 Å². The van der Waals surface area contributed by atoms with Gasteiger partial charge in [-0.25, -0.2) is 0 Å². The summed E-state index contributed by atoms with van der Waals surface area (Å²) in [6, 6.07) is 6.28.